The number of carbonyl (C=O) groups is 2. The number of hydrogen-bond acceptors (Lipinski definition) is 5. The summed E-state index contributed by atoms with van der Waals surface area (Å²) >= 11 is 0. The number of halogens is 2. The van der Waals surface area contributed by atoms with E-state index in [0.29, 0.717) is 5.06 Å². The highest BCUT2D eigenvalue weighted by molar-refractivity contribution is 5.77. The van der Waals surface area contributed by atoms with Crippen molar-refractivity contribution in [3.8, 4) is 0 Å². The fourth-order valence-corrected chi connectivity index (χ4v) is 1.55. The van der Waals surface area contributed by atoms with Crippen LogP contribution in [0.15, 0.2) is 5.16 Å². The summed E-state index contributed by atoms with van der Waals surface area (Å²) in [6, 6.07) is -1.68. The molecule has 1 aliphatic rings. The highest BCUT2D eigenvalue weighted by Gasteiger charge is 2.49. The first kappa shape index (κ1) is 16.1. The van der Waals surface area contributed by atoms with Gasteiger partial charge in [0.15, 0.2) is 0 Å². The Kier molecular flexibility index (Phi) is 4.82. The molecule has 1 rings (SSSR count). The molecule has 0 aliphatic carbocycles. The van der Waals surface area contributed by atoms with Crippen LogP contribution in [-0.2, 0) is 14.5 Å². The molecule has 1 aliphatic heterocycles. The summed E-state index contributed by atoms with van der Waals surface area (Å²) in [6.45, 7) is 4.57. The van der Waals surface area contributed by atoms with E-state index < -0.39 is 30.4 Å². The molecule has 0 aromatic heterocycles. The van der Waals surface area contributed by atoms with E-state index in [9.17, 15) is 18.4 Å². The van der Waals surface area contributed by atoms with Crippen LogP contribution in [0.5, 0.6) is 0 Å². The molecule has 0 saturated carbocycles. The van der Waals surface area contributed by atoms with Crippen molar-refractivity contribution in [3.63, 3.8) is 0 Å². The zero-order valence-corrected chi connectivity index (χ0v) is 11.1. The predicted molar refractivity (Wildman–Crippen MR) is 61.8 cm³/mol. The first-order chi connectivity index (χ1) is 9.20. The Bertz CT molecular complexity index is 418. The number of hydrogen-bond donors (Lipinski definition) is 1. The van der Waals surface area contributed by atoms with Crippen molar-refractivity contribution in [3.05, 3.63) is 0 Å². The minimum absolute atomic E-state index is 0.0366. The normalized spacial score (nSPS) is 21.6. The van der Waals surface area contributed by atoms with Crippen LogP contribution in [0.1, 0.15) is 20.8 Å². The Morgan fingerprint density at radius 3 is 2.75 bits per heavy atom. The van der Waals surface area contributed by atoms with Crippen LogP contribution in [0.2, 0.25) is 0 Å². The average Bonchev–Trinajstić information content (AvgIpc) is 2.63. The van der Waals surface area contributed by atoms with Gasteiger partial charge < -0.3 is 9.94 Å². The first-order valence-corrected chi connectivity index (χ1v) is 5.74. The van der Waals surface area contributed by atoms with Gasteiger partial charge in [0.25, 0.3) is 0 Å². The van der Waals surface area contributed by atoms with Crippen LogP contribution in [0.4, 0.5) is 13.6 Å². The van der Waals surface area contributed by atoms with Gasteiger partial charge in [0.2, 0.25) is 6.23 Å². The van der Waals surface area contributed by atoms with Gasteiger partial charge in [0.05, 0.1) is 6.04 Å². The van der Waals surface area contributed by atoms with Crippen molar-refractivity contribution in [2.24, 2.45) is 5.16 Å². The van der Waals surface area contributed by atoms with Crippen molar-refractivity contribution < 1.29 is 33.2 Å². The lowest BCUT2D eigenvalue weighted by molar-refractivity contribution is -0.326. The monoisotopic (exact) mass is 295 g/mol. The molecule has 8 nitrogen and oxygen atoms in total. The van der Waals surface area contributed by atoms with E-state index in [1.807, 2.05) is 0 Å². The number of carbonyl (C=O) groups excluding carboxylic acids is 1. The van der Waals surface area contributed by atoms with Gasteiger partial charge in [0.1, 0.15) is 0 Å². The molecule has 1 N–H and O–H groups in total. The molecule has 0 aromatic carbocycles. The molecule has 1 fully saturated rings. The van der Waals surface area contributed by atoms with Crippen LogP contribution in [0.25, 0.3) is 0 Å². The number of carboxylic acids is 1. The molecule has 2 atom stereocenters. The van der Waals surface area contributed by atoms with Crippen molar-refractivity contribution in [2.75, 3.05) is 6.54 Å². The number of hydroxylamine groups is 2. The van der Waals surface area contributed by atoms with E-state index >= 15 is 0 Å². The number of nitrogens with zero attached hydrogens (tertiary/aromatic N) is 3. The summed E-state index contributed by atoms with van der Waals surface area (Å²) in [7, 11) is 0. The van der Waals surface area contributed by atoms with Crippen molar-refractivity contribution in [2.45, 2.75) is 39.1 Å². The minimum atomic E-state index is -4.48. The van der Waals surface area contributed by atoms with Crippen molar-refractivity contribution >= 4 is 18.2 Å². The maximum absolute atomic E-state index is 13.0. The number of urea groups is 1. The van der Waals surface area contributed by atoms with Crippen LogP contribution in [-0.4, -0.2) is 58.2 Å². The third-order valence-corrected chi connectivity index (χ3v) is 2.52. The molecule has 0 radical (unpaired) electrons. The lowest BCUT2D eigenvalue weighted by atomic mass is 10.3. The number of amides is 2. The maximum atomic E-state index is 13.0. The SMILES string of the molecule is C/C=N\OC(C)N1CC(C)N(OC(F)(F)C(=O)O)C1=O. The second-order valence-electron chi connectivity index (χ2n) is 4.09. The molecule has 1 heterocycles. The van der Waals surface area contributed by atoms with Gasteiger partial charge in [-0.3, -0.25) is 4.90 Å². The largest absolute Gasteiger partial charge is 0.476 e. The Balaban J connectivity index is 2.77. The maximum Gasteiger partial charge on any atom is 0.476 e. The molecule has 20 heavy (non-hydrogen) atoms. The highest BCUT2D eigenvalue weighted by atomic mass is 19.3. The molecule has 2 unspecified atom stereocenters. The molecular weight excluding hydrogens is 280 g/mol. The quantitative estimate of drug-likeness (QED) is 0.585. The topological polar surface area (TPSA) is 91.7 Å². The summed E-state index contributed by atoms with van der Waals surface area (Å²) in [5.74, 6) is -2.48. The number of rotatable bonds is 6. The second kappa shape index (κ2) is 5.99. The van der Waals surface area contributed by atoms with Gasteiger partial charge in [-0.05, 0) is 20.8 Å². The van der Waals surface area contributed by atoms with Crippen LogP contribution >= 0.6 is 0 Å². The zero-order chi connectivity index (χ0) is 15.5. The van der Waals surface area contributed by atoms with Gasteiger partial charge in [-0.15, -0.1) is 0 Å². The fourth-order valence-electron chi connectivity index (χ4n) is 1.55. The molecule has 2 amide bonds. The summed E-state index contributed by atoms with van der Waals surface area (Å²) in [5, 5.41) is 12.1. The van der Waals surface area contributed by atoms with E-state index in [-0.39, 0.29) is 6.54 Å². The summed E-state index contributed by atoms with van der Waals surface area (Å²) in [5.41, 5.74) is 0. The van der Waals surface area contributed by atoms with Crippen LogP contribution < -0.4 is 0 Å². The van der Waals surface area contributed by atoms with Crippen LogP contribution in [0, 0.1) is 0 Å². The smallest absolute Gasteiger partial charge is 0.475 e. The first-order valence-electron chi connectivity index (χ1n) is 5.74. The molecule has 0 aromatic rings. The van der Waals surface area contributed by atoms with Gasteiger partial charge in [-0.1, -0.05) is 5.16 Å². The lowest BCUT2D eigenvalue weighted by Crippen LogP contribution is -2.45. The fraction of sp³-hybridized carbons (Fsp3) is 0.700. The minimum Gasteiger partial charge on any atom is -0.475 e. The van der Waals surface area contributed by atoms with E-state index in [1.165, 1.54) is 20.1 Å². The lowest BCUT2D eigenvalue weighted by Gasteiger charge is -2.24. The molecule has 1 saturated heterocycles. The standard InChI is InChI=1S/C10H15F2N3O5/c1-4-13-19-7(3)14-5-6(2)15(9(14)18)20-10(11,12)8(16)17/h4,6-7H,5H2,1-3H3,(H,16,17)/b13-4-. The Hall–Kier alpha value is -1.97. The average molecular weight is 295 g/mol. The van der Waals surface area contributed by atoms with E-state index in [1.54, 1.807) is 6.92 Å². The number of oxime groups is 1. The Morgan fingerprint density at radius 1 is 1.65 bits per heavy atom. The third-order valence-electron chi connectivity index (χ3n) is 2.52. The second-order valence-corrected chi connectivity index (χ2v) is 4.09. The summed E-state index contributed by atoms with van der Waals surface area (Å²) in [6.07, 6.45) is -3.92. The van der Waals surface area contributed by atoms with Gasteiger partial charge in [-0.2, -0.15) is 18.7 Å². The van der Waals surface area contributed by atoms with Gasteiger partial charge >= 0.3 is 18.1 Å². The Morgan fingerprint density at radius 2 is 2.25 bits per heavy atom. The molecule has 0 bridgehead atoms. The zero-order valence-electron chi connectivity index (χ0n) is 11.1. The molecule has 0 spiro atoms. The highest BCUT2D eigenvalue weighted by Crippen LogP contribution is 2.25. The third kappa shape index (κ3) is 3.32. The molecule has 114 valence electrons. The van der Waals surface area contributed by atoms with Crippen LogP contribution in [0.3, 0.4) is 0 Å². The Labute approximate surface area is 113 Å². The van der Waals surface area contributed by atoms with E-state index in [0.717, 1.165) is 4.90 Å². The number of carboxylic acid groups (broad SMARTS) is 1. The van der Waals surface area contributed by atoms with Crippen molar-refractivity contribution in [1.29, 1.82) is 0 Å². The number of aliphatic carboxylic acids is 1. The predicted octanol–water partition coefficient (Wildman–Crippen LogP) is 1.09. The molecule has 10 heteroatoms. The summed E-state index contributed by atoms with van der Waals surface area (Å²) < 4.78 is 26.0. The van der Waals surface area contributed by atoms with Gasteiger partial charge in [0, 0.05) is 12.8 Å². The van der Waals surface area contributed by atoms with E-state index in [4.69, 9.17) is 9.94 Å². The van der Waals surface area contributed by atoms with Gasteiger partial charge in [-0.25, -0.2) is 9.59 Å². The molecular formula is C10H15F2N3O5. The van der Waals surface area contributed by atoms with E-state index in [2.05, 4.69) is 9.99 Å². The summed E-state index contributed by atoms with van der Waals surface area (Å²) in [4.78, 5) is 32.2. The number of alkyl halides is 2. The van der Waals surface area contributed by atoms with Crippen molar-refractivity contribution in [1.82, 2.24) is 9.96 Å².